The molecular formula is C24H24ClFN6O3. The Balaban J connectivity index is 1.64. The van der Waals surface area contributed by atoms with Crippen molar-refractivity contribution in [2.24, 2.45) is 0 Å². The highest BCUT2D eigenvalue weighted by atomic mass is 35.5. The van der Waals surface area contributed by atoms with Gasteiger partial charge >= 0.3 is 6.03 Å². The van der Waals surface area contributed by atoms with Gasteiger partial charge in [0, 0.05) is 22.8 Å². The third-order valence-electron chi connectivity index (χ3n) is 5.55. The van der Waals surface area contributed by atoms with Crippen molar-refractivity contribution in [2.45, 2.75) is 39.1 Å². The van der Waals surface area contributed by atoms with E-state index in [4.69, 9.17) is 16.3 Å². The average Bonchev–Trinajstić information content (AvgIpc) is 3.38. The van der Waals surface area contributed by atoms with E-state index >= 15 is 0 Å². The van der Waals surface area contributed by atoms with E-state index in [0.29, 0.717) is 29.4 Å². The van der Waals surface area contributed by atoms with Gasteiger partial charge in [0.05, 0.1) is 11.1 Å². The van der Waals surface area contributed by atoms with Crippen LogP contribution in [0.25, 0.3) is 10.8 Å². The first-order valence-electron chi connectivity index (χ1n) is 11.0. The van der Waals surface area contributed by atoms with Gasteiger partial charge in [0.25, 0.3) is 0 Å². The number of H-pyrrole nitrogens is 1. The molecule has 9 nitrogen and oxygen atoms in total. The molecule has 3 N–H and O–H groups in total. The average molecular weight is 499 g/mol. The number of carbonyl (C=O) groups is 1. The number of rotatable bonds is 8. The van der Waals surface area contributed by atoms with Crippen LogP contribution in [-0.4, -0.2) is 42.4 Å². The van der Waals surface area contributed by atoms with Gasteiger partial charge in [0.2, 0.25) is 5.88 Å². The van der Waals surface area contributed by atoms with E-state index in [1.807, 2.05) is 24.3 Å². The van der Waals surface area contributed by atoms with Crippen LogP contribution >= 0.6 is 11.6 Å². The molecule has 0 spiro atoms. The Labute approximate surface area is 205 Å². The number of fused-ring (bicyclic) bond motifs is 1. The molecule has 4 aromatic rings. The van der Waals surface area contributed by atoms with Gasteiger partial charge in [-0.2, -0.15) is 5.10 Å². The van der Waals surface area contributed by atoms with E-state index < -0.39 is 24.1 Å². The van der Waals surface area contributed by atoms with E-state index in [2.05, 4.69) is 25.5 Å². The van der Waals surface area contributed by atoms with Gasteiger partial charge < -0.3 is 15.2 Å². The molecule has 11 heteroatoms. The lowest BCUT2D eigenvalue weighted by Gasteiger charge is -2.34. The van der Waals surface area contributed by atoms with Gasteiger partial charge in [-0.25, -0.2) is 19.2 Å². The number of aliphatic hydroxyl groups excluding tert-OH is 1. The molecule has 2 aromatic carbocycles. The van der Waals surface area contributed by atoms with Crippen molar-refractivity contribution < 1.29 is 19.0 Å². The van der Waals surface area contributed by atoms with Crippen LogP contribution < -0.4 is 10.1 Å². The van der Waals surface area contributed by atoms with E-state index in [0.717, 1.165) is 16.8 Å². The number of benzene rings is 2. The highest BCUT2D eigenvalue weighted by Crippen LogP contribution is 2.33. The molecule has 0 saturated heterocycles. The monoisotopic (exact) mass is 498 g/mol. The zero-order valence-corrected chi connectivity index (χ0v) is 19.8. The predicted molar refractivity (Wildman–Crippen MR) is 129 cm³/mol. The smallest absolute Gasteiger partial charge is 0.324 e. The number of hydrogen-bond acceptors (Lipinski definition) is 6. The molecule has 2 aromatic heterocycles. The minimum absolute atomic E-state index is 0.116. The standard InChI is InChI=1S/C24H24ClFN6O3/c1-3-22(33)32(24(34)30-15-8-9-20(26)19(25)10-15)14(2)18-11-27-23(17-7-5-4-6-16(17)18)35-12-21-28-13-29-31-21/h4-11,13-14,22,33H,3,12H2,1-2H3,(H,30,34)(H,28,29,31). The first-order chi connectivity index (χ1) is 16.9. The number of carbonyl (C=O) groups excluding carboxylic acids is 1. The quantitative estimate of drug-likeness (QED) is 0.293. The zero-order chi connectivity index (χ0) is 24.9. The highest BCUT2D eigenvalue weighted by Gasteiger charge is 2.29. The largest absolute Gasteiger partial charge is 0.469 e. The van der Waals surface area contributed by atoms with Crippen LogP contribution in [-0.2, 0) is 6.61 Å². The predicted octanol–water partition coefficient (Wildman–Crippen LogP) is 5.05. The summed E-state index contributed by atoms with van der Waals surface area (Å²) < 4.78 is 19.4. The van der Waals surface area contributed by atoms with Gasteiger partial charge in [-0.1, -0.05) is 36.7 Å². The minimum atomic E-state index is -1.08. The van der Waals surface area contributed by atoms with Crippen LogP contribution in [0.4, 0.5) is 14.9 Å². The lowest BCUT2D eigenvalue weighted by molar-refractivity contribution is 0.0114. The molecule has 182 valence electrons. The maximum atomic E-state index is 13.5. The molecule has 2 amide bonds. The maximum absolute atomic E-state index is 13.5. The number of aromatic amines is 1. The number of nitrogens with one attached hydrogen (secondary N) is 2. The molecule has 0 aliphatic rings. The Morgan fingerprint density at radius 3 is 2.71 bits per heavy atom. The van der Waals surface area contributed by atoms with Gasteiger partial charge in [-0.15, -0.1) is 0 Å². The summed E-state index contributed by atoms with van der Waals surface area (Å²) in [7, 11) is 0. The van der Waals surface area contributed by atoms with Crippen molar-refractivity contribution >= 4 is 34.1 Å². The fourth-order valence-corrected chi connectivity index (χ4v) is 3.93. The van der Waals surface area contributed by atoms with Crippen molar-refractivity contribution in [3.8, 4) is 5.88 Å². The lowest BCUT2D eigenvalue weighted by Crippen LogP contribution is -2.44. The molecular weight excluding hydrogens is 475 g/mol. The molecule has 0 radical (unpaired) electrons. The van der Waals surface area contributed by atoms with Gasteiger partial charge in [0.15, 0.2) is 12.4 Å². The van der Waals surface area contributed by atoms with Gasteiger partial charge in [0.1, 0.15) is 18.4 Å². The second-order valence-electron chi connectivity index (χ2n) is 7.80. The lowest BCUT2D eigenvalue weighted by atomic mass is 10.0. The Kier molecular flexibility index (Phi) is 7.42. The number of amides is 2. The number of nitrogens with zero attached hydrogens (tertiary/aromatic N) is 4. The number of pyridine rings is 1. The van der Waals surface area contributed by atoms with Crippen LogP contribution in [0.5, 0.6) is 5.88 Å². The molecule has 35 heavy (non-hydrogen) atoms. The van der Waals surface area contributed by atoms with E-state index in [-0.39, 0.29) is 11.6 Å². The second kappa shape index (κ2) is 10.7. The molecule has 4 rings (SSSR count). The normalized spacial score (nSPS) is 12.8. The van der Waals surface area contributed by atoms with Crippen LogP contribution in [0.3, 0.4) is 0 Å². The number of aliphatic hydroxyl groups is 1. The van der Waals surface area contributed by atoms with E-state index in [1.165, 1.54) is 23.4 Å². The minimum Gasteiger partial charge on any atom is -0.469 e. The number of anilines is 1. The van der Waals surface area contributed by atoms with E-state index in [1.54, 1.807) is 20.0 Å². The molecule has 2 heterocycles. The third kappa shape index (κ3) is 5.33. The van der Waals surface area contributed by atoms with Crippen LogP contribution in [0, 0.1) is 5.82 Å². The van der Waals surface area contributed by atoms with Crippen molar-refractivity contribution in [3.05, 3.63) is 77.2 Å². The van der Waals surface area contributed by atoms with Crippen LogP contribution in [0.1, 0.15) is 37.7 Å². The Morgan fingerprint density at radius 2 is 2.03 bits per heavy atom. The SMILES string of the molecule is CCC(O)N(C(=O)Nc1ccc(F)c(Cl)c1)C(C)c1cnc(OCc2nc[nH]n2)c2ccccc12. The Hall–Kier alpha value is -3.76. The number of hydrogen-bond donors (Lipinski definition) is 3. The summed E-state index contributed by atoms with van der Waals surface area (Å²) in [5, 5.41) is 21.5. The summed E-state index contributed by atoms with van der Waals surface area (Å²) in [6.45, 7) is 3.70. The van der Waals surface area contributed by atoms with Gasteiger partial charge in [-0.3, -0.25) is 10.00 Å². The van der Waals surface area contributed by atoms with Crippen LogP contribution in [0.2, 0.25) is 5.02 Å². The number of ether oxygens (including phenoxy) is 1. The number of halogens is 2. The highest BCUT2D eigenvalue weighted by molar-refractivity contribution is 6.31. The summed E-state index contributed by atoms with van der Waals surface area (Å²) in [5.74, 6) is 0.295. The molecule has 0 aliphatic heterocycles. The van der Waals surface area contributed by atoms with Crippen molar-refractivity contribution in [1.82, 2.24) is 25.1 Å². The first kappa shape index (κ1) is 24.4. The van der Waals surface area contributed by atoms with Crippen LogP contribution in [0.15, 0.2) is 55.0 Å². The van der Waals surface area contributed by atoms with E-state index in [9.17, 15) is 14.3 Å². The summed E-state index contributed by atoms with van der Waals surface area (Å²) >= 11 is 5.84. The molecule has 0 fully saturated rings. The Bertz CT molecular complexity index is 1320. The van der Waals surface area contributed by atoms with Gasteiger partial charge in [-0.05, 0) is 43.0 Å². The molecule has 0 bridgehead atoms. The van der Waals surface area contributed by atoms with Crippen molar-refractivity contribution in [2.75, 3.05) is 5.32 Å². The molecule has 2 atom stereocenters. The molecule has 0 aliphatic carbocycles. The maximum Gasteiger partial charge on any atom is 0.324 e. The van der Waals surface area contributed by atoms with Crippen molar-refractivity contribution in [1.29, 1.82) is 0 Å². The van der Waals surface area contributed by atoms with Crippen molar-refractivity contribution in [3.63, 3.8) is 0 Å². The summed E-state index contributed by atoms with van der Waals surface area (Å²) in [6.07, 6.45) is 2.30. The topological polar surface area (TPSA) is 116 Å². The summed E-state index contributed by atoms with van der Waals surface area (Å²) in [5.41, 5.74) is 1.02. The fraction of sp³-hybridized carbons (Fsp3) is 0.250. The molecule has 0 saturated carbocycles. The zero-order valence-electron chi connectivity index (χ0n) is 19.1. The molecule has 2 unspecified atom stereocenters. The Morgan fingerprint density at radius 1 is 1.26 bits per heavy atom. The number of urea groups is 1. The second-order valence-corrected chi connectivity index (χ2v) is 8.21. The summed E-state index contributed by atoms with van der Waals surface area (Å²) in [6, 6.07) is 10.2. The number of aromatic nitrogens is 4. The summed E-state index contributed by atoms with van der Waals surface area (Å²) in [4.78, 5) is 23.0. The third-order valence-corrected chi connectivity index (χ3v) is 5.84. The first-order valence-corrected chi connectivity index (χ1v) is 11.3. The fourth-order valence-electron chi connectivity index (χ4n) is 3.75.